The van der Waals surface area contributed by atoms with Crippen LogP contribution in [0.5, 0.6) is 0 Å². The molecule has 1 fully saturated rings. The van der Waals surface area contributed by atoms with Crippen molar-refractivity contribution >= 4 is 11.8 Å². The number of halogens is 3. The van der Waals surface area contributed by atoms with Crippen LogP contribution in [0.4, 0.5) is 13.2 Å². The summed E-state index contributed by atoms with van der Waals surface area (Å²) in [6.07, 6.45) is -0.238. The quantitative estimate of drug-likeness (QED) is 0.831. The second-order valence-electron chi connectivity index (χ2n) is 5.80. The summed E-state index contributed by atoms with van der Waals surface area (Å²) in [4.78, 5) is 2.28. The predicted molar refractivity (Wildman–Crippen MR) is 84.0 cm³/mol. The van der Waals surface area contributed by atoms with Crippen LogP contribution in [0.3, 0.4) is 0 Å². The van der Waals surface area contributed by atoms with Gasteiger partial charge in [-0.15, -0.1) is 0 Å². The average Bonchev–Trinajstić information content (AvgIpc) is 2.49. The molecule has 1 saturated heterocycles. The first-order valence-corrected chi connectivity index (χ1v) is 8.86. The van der Waals surface area contributed by atoms with Crippen LogP contribution < -0.4 is 0 Å². The lowest BCUT2D eigenvalue weighted by Crippen LogP contribution is -2.43. The summed E-state index contributed by atoms with van der Waals surface area (Å²) in [5.41, 5.74) is -1.45. The summed E-state index contributed by atoms with van der Waals surface area (Å²) < 4.78 is 38.4. The molecule has 124 valence electrons. The van der Waals surface area contributed by atoms with Gasteiger partial charge in [0.25, 0.3) is 0 Å². The maximum absolute atomic E-state index is 12.8. The van der Waals surface area contributed by atoms with E-state index >= 15 is 0 Å². The summed E-state index contributed by atoms with van der Waals surface area (Å²) in [6, 6.07) is 5.10. The predicted octanol–water partition coefficient (Wildman–Crippen LogP) is 3.74. The van der Waals surface area contributed by atoms with Crippen molar-refractivity contribution in [2.75, 3.05) is 31.6 Å². The van der Waals surface area contributed by atoms with Crippen LogP contribution in [0.2, 0.25) is 0 Å². The minimum atomic E-state index is -4.37. The van der Waals surface area contributed by atoms with Gasteiger partial charge in [0, 0.05) is 13.1 Å². The second-order valence-corrected chi connectivity index (χ2v) is 6.78. The van der Waals surface area contributed by atoms with Crippen molar-refractivity contribution in [1.29, 1.82) is 0 Å². The van der Waals surface area contributed by atoms with Gasteiger partial charge in [-0.25, -0.2) is 0 Å². The molecule has 0 saturated carbocycles. The van der Waals surface area contributed by atoms with Crippen molar-refractivity contribution < 1.29 is 18.3 Å². The Morgan fingerprint density at radius 3 is 2.55 bits per heavy atom. The van der Waals surface area contributed by atoms with Crippen LogP contribution in [0.1, 0.15) is 30.4 Å². The van der Waals surface area contributed by atoms with E-state index < -0.39 is 17.3 Å². The van der Waals surface area contributed by atoms with Gasteiger partial charge in [-0.05, 0) is 55.5 Å². The number of aliphatic hydroxyl groups is 1. The Hall–Kier alpha value is -0.720. The zero-order valence-electron chi connectivity index (χ0n) is 12.7. The third-order valence-electron chi connectivity index (χ3n) is 4.23. The molecule has 1 aromatic rings. The topological polar surface area (TPSA) is 23.5 Å². The number of nitrogens with zero attached hydrogens (tertiary/aromatic N) is 1. The monoisotopic (exact) mass is 333 g/mol. The van der Waals surface area contributed by atoms with Crippen molar-refractivity contribution in [3.8, 4) is 0 Å². The van der Waals surface area contributed by atoms with Gasteiger partial charge in [0.1, 0.15) is 0 Å². The molecule has 1 aliphatic rings. The molecule has 22 heavy (non-hydrogen) atoms. The lowest BCUT2D eigenvalue weighted by molar-refractivity contribution is -0.137. The molecule has 2 nitrogen and oxygen atoms in total. The van der Waals surface area contributed by atoms with Crippen molar-refractivity contribution in [3.05, 3.63) is 35.4 Å². The van der Waals surface area contributed by atoms with E-state index in [4.69, 9.17) is 0 Å². The smallest absolute Gasteiger partial charge is 0.385 e. The molecule has 0 aromatic heterocycles. The molecule has 1 aromatic carbocycles. The molecule has 0 amide bonds. The summed E-state index contributed by atoms with van der Waals surface area (Å²) in [7, 11) is 0. The Morgan fingerprint density at radius 2 is 1.95 bits per heavy atom. The van der Waals surface area contributed by atoms with Crippen LogP contribution in [0.25, 0.3) is 0 Å². The first kappa shape index (κ1) is 17.6. The van der Waals surface area contributed by atoms with Gasteiger partial charge in [-0.3, -0.25) is 0 Å². The number of thioether (sulfide) groups is 1. The van der Waals surface area contributed by atoms with Crippen molar-refractivity contribution in [3.63, 3.8) is 0 Å². The van der Waals surface area contributed by atoms with E-state index in [1.54, 1.807) is 6.07 Å². The van der Waals surface area contributed by atoms with Crippen LogP contribution in [0.15, 0.2) is 24.3 Å². The van der Waals surface area contributed by atoms with Crippen LogP contribution >= 0.6 is 11.8 Å². The van der Waals surface area contributed by atoms with Gasteiger partial charge in [0.2, 0.25) is 0 Å². The third-order valence-corrected chi connectivity index (χ3v) is 4.93. The second kappa shape index (κ2) is 7.23. The average molecular weight is 333 g/mol. The lowest BCUT2D eigenvalue weighted by atomic mass is 9.83. The highest BCUT2D eigenvalue weighted by Gasteiger charge is 2.36. The van der Waals surface area contributed by atoms with Gasteiger partial charge >= 0.3 is 6.18 Å². The number of rotatable bonds is 5. The Labute approximate surface area is 133 Å². The number of hydrogen-bond donors (Lipinski definition) is 1. The van der Waals surface area contributed by atoms with Gasteiger partial charge < -0.3 is 10.0 Å². The Balaban J connectivity index is 2.01. The summed E-state index contributed by atoms with van der Waals surface area (Å²) in [6.45, 7) is 2.43. The standard InChI is InChI=1S/C16H22F3NOS/c1-22-11-3-8-20-9-6-15(21,7-10-20)13-4-2-5-14(12-13)16(17,18)19/h2,4-5,12,21H,3,6-11H2,1H3. The normalized spacial score (nSPS) is 19.3. The molecule has 1 N–H and O–H groups in total. The maximum atomic E-state index is 12.8. The van der Waals surface area contributed by atoms with E-state index in [0.717, 1.165) is 43.9 Å². The summed E-state index contributed by atoms with van der Waals surface area (Å²) in [5, 5.41) is 10.7. The molecule has 1 heterocycles. The van der Waals surface area contributed by atoms with Gasteiger partial charge in [-0.1, -0.05) is 12.1 Å². The van der Waals surface area contributed by atoms with E-state index in [2.05, 4.69) is 11.2 Å². The highest BCUT2D eigenvalue weighted by molar-refractivity contribution is 7.98. The van der Waals surface area contributed by atoms with Crippen molar-refractivity contribution in [1.82, 2.24) is 4.90 Å². The van der Waals surface area contributed by atoms with E-state index in [9.17, 15) is 18.3 Å². The van der Waals surface area contributed by atoms with E-state index in [1.165, 1.54) is 6.07 Å². The van der Waals surface area contributed by atoms with Crippen LogP contribution in [-0.2, 0) is 11.8 Å². The zero-order valence-corrected chi connectivity index (χ0v) is 13.5. The molecule has 1 aliphatic heterocycles. The number of benzene rings is 1. The number of hydrogen-bond acceptors (Lipinski definition) is 3. The fourth-order valence-electron chi connectivity index (χ4n) is 2.85. The number of likely N-dealkylation sites (tertiary alicyclic amines) is 1. The number of piperidine rings is 1. The Bertz CT molecular complexity index is 485. The Kier molecular flexibility index (Phi) is 5.80. The van der Waals surface area contributed by atoms with Crippen LogP contribution in [0, 0.1) is 0 Å². The van der Waals surface area contributed by atoms with Crippen molar-refractivity contribution in [2.45, 2.75) is 31.0 Å². The number of alkyl halides is 3. The molecule has 0 spiro atoms. The molecule has 6 heteroatoms. The molecule has 0 aliphatic carbocycles. The minimum absolute atomic E-state index is 0.381. The highest BCUT2D eigenvalue weighted by Crippen LogP contribution is 2.36. The van der Waals surface area contributed by atoms with Gasteiger partial charge in [0.15, 0.2) is 0 Å². The molecular weight excluding hydrogens is 311 g/mol. The fraction of sp³-hybridized carbons (Fsp3) is 0.625. The minimum Gasteiger partial charge on any atom is -0.385 e. The molecule has 0 radical (unpaired) electrons. The molecular formula is C16H22F3NOS. The van der Waals surface area contributed by atoms with E-state index in [1.807, 2.05) is 11.8 Å². The van der Waals surface area contributed by atoms with Gasteiger partial charge in [0.05, 0.1) is 11.2 Å². The van der Waals surface area contributed by atoms with Crippen LogP contribution in [-0.4, -0.2) is 41.6 Å². The SMILES string of the molecule is CSCCCN1CCC(O)(c2cccc(C(F)(F)F)c2)CC1. The summed E-state index contributed by atoms with van der Waals surface area (Å²) in [5.74, 6) is 1.11. The molecule has 0 bridgehead atoms. The van der Waals surface area contributed by atoms with Gasteiger partial charge in [-0.2, -0.15) is 24.9 Å². The largest absolute Gasteiger partial charge is 0.416 e. The first-order valence-electron chi connectivity index (χ1n) is 7.46. The first-order chi connectivity index (χ1) is 10.3. The zero-order chi connectivity index (χ0) is 16.2. The van der Waals surface area contributed by atoms with E-state index in [-0.39, 0.29) is 0 Å². The third kappa shape index (κ3) is 4.40. The van der Waals surface area contributed by atoms with Crippen molar-refractivity contribution in [2.24, 2.45) is 0 Å². The van der Waals surface area contributed by atoms with E-state index in [0.29, 0.717) is 18.4 Å². The maximum Gasteiger partial charge on any atom is 0.416 e. The fourth-order valence-corrected chi connectivity index (χ4v) is 3.27. The summed E-state index contributed by atoms with van der Waals surface area (Å²) >= 11 is 1.81. The highest BCUT2D eigenvalue weighted by atomic mass is 32.2. The molecule has 2 rings (SSSR count). The lowest BCUT2D eigenvalue weighted by Gasteiger charge is -2.38. The molecule has 0 unspecified atom stereocenters. The molecule has 0 atom stereocenters. The Morgan fingerprint density at radius 1 is 1.27 bits per heavy atom.